The Balaban J connectivity index is 1.34. The summed E-state index contributed by atoms with van der Waals surface area (Å²) in [7, 11) is 1.53. The molecule has 3 heterocycles. The van der Waals surface area contributed by atoms with Crippen LogP contribution < -0.4 is 15.0 Å². The minimum absolute atomic E-state index is 0.00154. The van der Waals surface area contributed by atoms with Gasteiger partial charge in [-0.1, -0.05) is 29.8 Å². The number of hydrogen-bond donors (Lipinski definition) is 1. The van der Waals surface area contributed by atoms with E-state index in [1.54, 1.807) is 35.2 Å². The average molecular weight is 520 g/mol. The predicted octanol–water partition coefficient (Wildman–Crippen LogP) is 5.17. The molecule has 1 amide bonds. The molecule has 2 aliphatic rings. The second-order valence-electron chi connectivity index (χ2n) is 8.88. The van der Waals surface area contributed by atoms with E-state index in [2.05, 4.69) is 15.3 Å². The molecule has 0 unspecified atom stereocenters. The van der Waals surface area contributed by atoms with E-state index in [0.717, 1.165) is 10.4 Å². The molecule has 3 aromatic rings. The fourth-order valence-electron chi connectivity index (χ4n) is 4.74. The SMILES string of the molecule is COc1ccc([C@@H]2C[C@@H](C(F)(F)F)n3nc(C(=O)N4CCN(c5cccc(Cl)c5)CC4)cc3N2)cc1. The fourth-order valence-corrected chi connectivity index (χ4v) is 4.92. The monoisotopic (exact) mass is 519 g/mol. The lowest BCUT2D eigenvalue weighted by molar-refractivity contribution is -0.173. The number of nitrogens with one attached hydrogen (secondary N) is 1. The molecule has 190 valence electrons. The van der Waals surface area contributed by atoms with Crippen LogP contribution in [0.5, 0.6) is 5.75 Å². The van der Waals surface area contributed by atoms with Crippen molar-refractivity contribution in [3.63, 3.8) is 0 Å². The summed E-state index contributed by atoms with van der Waals surface area (Å²) in [5.41, 5.74) is 1.66. The van der Waals surface area contributed by atoms with Crippen molar-refractivity contribution in [2.75, 3.05) is 43.5 Å². The highest BCUT2D eigenvalue weighted by Crippen LogP contribution is 2.44. The Kier molecular flexibility index (Phi) is 6.46. The third kappa shape index (κ3) is 4.82. The van der Waals surface area contributed by atoms with Crippen LogP contribution in [0, 0.1) is 0 Å². The van der Waals surface area contributed by atoms with Crippen molar-refractivity contribution in [3.8, 4) is 5.75 Å². The molecule has 0 spiro atoms. The minimum atomic E-state index is -4.52. The topological polar surface area (TPSA) is 62.6 Å². The van der Waals surface area contributed by atoms with Gasteiger partial charge in [-0.3, -0.25) is 4.79 Å². The van der Waals surface area contributed by atoms with Crippen molar-refractivity contribution in [2.45, 2.75) is 24.7 Å². The van der Waals surface area contributed by atoms with Gasteiger partial charge in [-0.2, -0.15) is 18.3 Å². The fraction of sp³-hybridized carbons (Fsp3) is 0.360. The molecule has 36 heavy (non-hydrogen) atoms. The lowest BCUT2D eigenvalue weighted by Crippen LogP contribution is -2.49. The number of carbonyl (C=O) groups is 1. The molecular formula is C25H25ClF3N5O2. The standard InChI is InChI=1S/C25H25ClF3N5O2/c1-36-19-7-5-16(6-8-19)20-14-22(25(27,28)29)34-23(30-20)15-21(31-34)24(35)33-11-9-32(10-12-33)18-4-2-3-17(26)13-18/h2-8,13,15,20,22,30H,9-12,14H2,1H3/t20-,22-/m0/s1. The van der Waals surface area contributed by atoms with E-state index >= 15 is 0 Å². The maximum Gasteiger partial charge on any atom is 0.410 e. The number of anilines is 2. The van der Waals surface area contributed by atoms with E-state index in [-0.39, 0.29) is 23.8 Å². The Hall–Kier alpha value is -3.40. The first kappa shape index (κ1) is 24.3. The van der Waals surface area contributed by atoms with Crippen molar-refractivity contribution >= 4 is 29.0 Å². The van der Waals surface area contributed by atoms with E-state index in [0.29, 0.717) is 42.5 Å². The second-order valence-corrected chi connectivity index (χ2v) is 9.32. The summed E-state index contributed by atoms with van der Waals surface area (Å²) < 4.78 is 48.1. The Bertz CT molecular complexity index is 1240. The van der Waals surface area contributed by atoms with Gasteiger partial charge in [0.25, 0.3) is 5.91 Å². The molecule has 1 saturated heterocycles. The van der Waals surface area contributed by atoms with Gasteiger partial charge in [0.15, 0.2) is 11.7 Å². The Morgan fingerprint density at radius 2 is 1.81 bits per heavy atom. The van der Waals surface area contributed by atoms with Gasteiger partial charge in [0, 0.05) is 49.4 Å². The highest BCUT2D eigenvalue weighted by molar-refractivity contribution is 6.30. The number of halogens is 4. The van der Waals surface area contributed by atoms with E-state index < -0.39 is 18.3 Å². The maximum absolute atomic E-state index is 14.0. The van der Waals surface area contributed by atoms with Gasteiger partial charge in [-0.25, -0.2) is 4.68 Å². The van der Waals surface area contributed by atoms with Gasteiger partial charge < -0.3 is 19.9 Å². The van der Waals surface area contributed by atoms with Gasteiger partial charge in [0.1, 0.15) is 11.6 Å². The molecular weight excluding hydrogens is 495 g/mol. The first-order chi connectivity index (χ1) is 17.2. The molecule has 1 N–H and O–H groups in total. The summed E-state index contributed by atoms with van der Waals surface area (Å²) >= 11 is 6.09. The molecule has 0 radical (unpaired) electrons. The molecule has 2 atom stereocenters. The quantitative estimate of drug-likeness (QED) is 0.515. The predicted molar refractivity (Wildman–Crippen MR) is 131 cm³/mol. The number of hydrogen-bond acceptors (Lipinski definition) is 5. The molecule has 0 saturated carbocycles. The molecule has 1 fully saturated rings. The Morgan fingerprint density at radius 1 is 1.08 bits per heavy atom. The van der Waals surface area contributed by atoms with E-state index in [1.807, 2.05) is 18.2 Å². The summed E-state index contributed by atoms with van der Waals surface area (Å²) in [4.78, 5) is 16.9. The summed E-state index contributed by atoms with van der Waals surface area (Å²) in [6.45, 7) is 2.03. The number of fused-ring (bicyclic) bond motifs is 1. The normalized spacial score (nSPS) is 20.0. The highest BCUT2D eigenvalue weighted by atomic mass is 35.5. The molecule has 7 nitrogen and oxygen atoms in total. The minimum Gasteiger partial charge on any atom is -0.497 e. The van der Waals surface area contributed by atoms with Gasteiger partial charge in [0.05, 0.1) is 13.2 Å². The zero-order valence-electron chi connectivity index (χ0n) is 19.5. The number of amides is 1. The third-order valence-corrected chi connectivity index (χ3v) is 6.90. The van der Waals surface area contributed by atoms with Crippen LogP contribution in [0.2, 0.25) is 5.02 Å². The molecule has 1 aromatic heterocycles. The first-order valence-corrected chi connectivity index (χ1v) is 12.0. The van der Waals surface area contributed by atoms with Crippen LogP contribution in [0.25, 0.3) is 0 Å². The molecule has 5 rings (SSSR count). The van der Waals surface area contributed by atoms with Gasteiger partial charge in [-0.05, 0) is 35.9 Å². The number of ether oxygens (including phenoxy) is 1. The summed E-state index contributed by atoms with van der Waals surface area (Å²) in [5, 5.41) is 7.88. The van der Waals surface area contributed by atoms with Crippen LogP contribution >= 0.6 is 11.6 Å². The van der Waals surface area contributed by atoms with Crippen LogP contribution in [0.3, 0.4) is 0 Å². The number of carbonyl (C=O) groups excluding carboxylic acids is 1. The third-order valence-electron chi connectivity index (χ3n) is 6.67. The van der Waals surface area contributed by atoms with Crippen molar-refractivity contribution in [2.24, 2.45) is 0 Å². The second kappa shape index (κ2) is 9.57. The molecule has 2 aromatic carbocycles. The Labute approximate surface area is 211 Å². The number of methoxy groups -OCH3 is 1. The van der Waals surface area contributed by atoms with E-state index in [1.165, 1.54) is 13.2 Å². The molecule has 0 aliphatic carbocycles. The smallest absolute Gasteiger partial charge is 0.410 e. The molecule has 2 aliphatic heterocycles. The van der Waals surface area contributed by atoms with Crippen LogP contribution in [-0.2, 0) is 0 Å². The average Bonchev–Trinajstić information content (AvgIpc) is 3.31. The van der Waals surface area contributed by atoms with Crippen LogP contribution in [-0.4, -0.2) is 60.1 Å². The van der Waals surface area contributed by atoms with Crippen molar-refractivity contribution in [1.82, 2.24) is 14.7 Å². The van der Waals surface area contributed by atoms with Gasteiger partial charge >= 0.3 is 6.18 Å². The highest BCUT2D eigenvalue weighted by Gasteiger charge is 2.47. The summed E-state index contributed by atoms with van der Waals surface area (Å²) in [5.74, 6) is 0.409. The van der Waals surface area contributed by atoms with Crippen molar-refractivity contribution < 1.29 is 22.7 Å². The number of rotatable bonds is 4. The Morgan fingerprint density at radius 3 is 2.44 bits per heavy atom. The van der Waals surface area contributed by atoms with Crippen LogP contribution in [0.15, 0.2) is 54.6 Å². The van der Waals surface area contributed by atoms with Crippen molar-refractivity contribution in [3.05, 3.63) is 70.9 Å². The van der Waals surface area contributed by atoms with E-state index in [4.69, 9.17) is 16.3 Å². The number of aromatic nitrogens is 2. The molecule has 0 bridgehead atoms. The lowest BCUT2D eigenvalue weighted by Gasteiger charge is -2.35. The first-order valence-electron chi connectivity index (χ1n) is 11.6. The van der Waals surface area contributed by atoms with Gasteiger partial charge in [0.2, 0.25) is 0 Å². The van der Waals surface area contributed by atoms with Crippen LogP contribution in [0.1, 0.15) is 34.6 Å². The van der Waals surface area contributed by atoms with Crippen LogP contribution in [0.4, 0.5) is 24.7 Å². The van der Waals surface area contributed by atoms with Crippen molar-refractivity contribution in [1.29, 1.82) is 0 Å². The number of nitrogens with zero attached hydrogens (tertiary/aromatic N) is 4. The number of alkyl halides is 3. The lowest BCUT2D eigenvalue weighted by atomic mass is 9.97. The summed E-state index contributed by atoms with van der Waals surface area (Å²) in [6.07, 6.45) is -4.76. The molecule has 11 heteroatoms. The largest absolute Gasteiger partial charge is 0.497 e. The zero-order chi connectivity index (χ0) is 25.4. The number of piperazine rings is 1. The summed E-state index contributed by atoms with van der Waals surface area (Å²) in [6, 6.07) is 13.4. The maximum atomic E-state index is 14.0. The zero-order valence-corrected chi connectivity index (χ0v) is 20.3. The van der Waals surface area contributed by atoms with E-state index in [9.17, 15) is 18.0 Å². The number of benzene rings is 2. The van der Waals surface area contributed by atoms with Gasteiger partial charge in [-0.15, -0.1) is 0 Å².